The predicted molar refractivity (Wildman–Crippen MR) is 87.3 cm³/mol. The van der Waals surface area contributed by atoms with Gasteiger partial charge in [-0.25, -0.2) is 0 Å². The molecular formula is C14H26ClN5O. The number of ether oxygens (including phenoxy) is 1. The third kappa shape index (κ3) is 5.63. The molecule has 0 saturated carbocycles. The van der Waals surface area contributed by atoms with Crippen molar-refractivity contribution in [3.8, 4) is 0 Å². The van der Waals surface area contributed by atoms with Crippen LogP contribution in [0, 0.1) is 5.92 Å². The van der Waals surface area contributed by atoms with Crippen LogP contribution in [-0.2, 0) is 4.74 Å². The van der Waals surface area contributed by atoms with E-state index in [-0.39, 0.29) is 5.28 Å². The molecule has 0 fully saturated rings. The van der Waals surface area contributed by atoms with Crippen LogP contribution < -0.4 is 9.80 Å². The van der Waals surface area contributed by atoms with Crippen molar-refractivity contribution < 1.29 is 4.74 Å². The average Bonchev–Trinajstić information content (AvgIpc) is 2.44. The van der Waals surface area contributed by atoms with Gasteiger partial charge in [0.05, 0.1) is 6.61 Å². The van der Waals surface area contributed by atoms with Gasteiger partial charge in [-0.2, -0.15) is 15.0 Å². The summed E-state index contributed by atoms with van der Waals surface area (Å²) >= 11 is 6.08. The second kappa shape index (κ2) is 9.00. The first kappa shape index (κ1) is 17.9. The van der Waals surface area contributed by atoms with E-state index in [4.69, 9.17) is 16.3 Å². The summed E-state index contributed by atoms with van der Waals surface area (Å²) in [6.45, 7) is 12.3. The van der Waals surface area contributed by atoms with Crippen LogP contribution in [0.2, 0.25) is 5.28 Å². The topological polar surface area (TPSA) is 54.4 Å². The molecule has 0 aromatic carbocycles. The fraction of sp³-hybridized carbons (Fsp3) is 0.786. The van der Waals surface area contributed by atoms with E-state index in [0.717, 1.165) is 26.2 Å². The number of hydrogen-bond acceptors (Lipinski definition) is 6. The van der Waals surface area contributed by atoms with Crippen molar-refractivity contribution in [1.29, 1.82) is 0 Å². The second-order valence-corrected chi connectivity index (χ2v) is 5.55. The lowest BCUT2D eigenvalue weighted by atomic mass is 10.2. The minimum Gasteiger partial charge on any atom is -0.383 e. The molecule has 1 aromatic heterocycles. The maximum atomic E-state index is 6.08. The van der Waals surface area contributed by atoms with E-state index in [1.54, 1.807) is 7.11 Å². The predicted octanol–water partition coefficient (Wildman–Crippen LogP) is 2.48. The standard InChI is InChI=1S/C14H26ClN5O/c1-6-19(7-2)13-16-12(15)17-14(18-13)20(8-9-21-5)10-11(3)4/h11H,6-10H2,1-5H3. The molecule has 1 heterocycles. The fourth-order valence-corrected chi connectivity index (χ4v) is 2.19. The van der Waals surface area contributed by atoms with Crippen molar-refractivity contribution in [3.05, 3.63) is 5.28 Å². The van der Waals surface area contributed by atoms with E-state index in [0.29, 0.717) is 24.4 Å². The van der Waals surface area contributed by atoms with Crippen LogP contribution in [-0.4, -0.2) is 54.8 Å². The summed E-state index contributed by atoms with van der Waals surface area (Å²) in [6.07, 6.45) is 0. The van der Waals surface area contributed by atoms with Crippen molar-refractivity contribution in [2.45, 2.75) is 27.7 Å². The lowest BCUT2D eigenvalue weighted by Gasteiger charge is -2.26. The first-order chi connectivity index (χ1) is 10.0. The van der Waals surface area contributed by atoms with Gasteiger partial charge in [0.25, 0.3) is 0 Å². The van der Waals surface area contributed by atoms with E-state index in [1.165, 1.54) is 0 Å². The number of anilines is 2. The Hall–Kier alpha value is -1.14. The highest BCUT2D eigenvalue weighted by molar-refractivity contribution is 6.28. The smallest absolute Gasteiger partial charge is 0.231 e. The van der Waals surface area contributed by atoms with Crippen LogP contribution in [0.25, 0.3) is 0 Å². The van der Waals surface area contributed by atoms with Crippen molar-refractivity contribution in [1.82, 2.24) is 15.0 Å². The molecule has 0 saturated heterocycles. The number of methoxy groups -OCH3 is 1. The highest BCUT2D eigenvalue weighted by atomic mass is 35.5. The molecule has 0 radical (unpaired) electrons. The third-order valence-electron chi connectivity index (χ3n) is 3.06. The summed E-state index contributed by atoms with van der Waals surface area (Å²) in [5.74, 6) is 1.73. The van der Waals surface area contributed by atoms with Crippen molar-refractivity contribution in [3.63, 3.8) is 0 Å². The molecule has 6 nitrogen and oxygen atoms in total. The maximum absolute atomic E-state index is 6.08. The van der Waals surface area contributed by atoms with Gasteiger partial charge in [-0.05, 0) is 31.4 Å². The molecule has 7 heteroatoms. The molecule has 21 heavy (non-hydrogen) atoms. The van der Waals surface area contributed by atoms with Crippen molar-refractivity contribution >= 4 is 23.5 Å². The molecule has 1 rings (SSSR count). The van der Waals surface area contributed by atoms with Gasteiger partial charge < -0.3 is 14.5 Å². The van der Waals surface area contributed by atoms with E-state index in [9.17, 15) is 0 Å². The number of halogens is 1. The Labute approximate surface area is 132 Å². The first-order valence-electron chi connectivity index (χ1n) is 7.42. The van der Waals surface area contributed by atoms with Gasteiger partial charge in [0.1, 0.15) is 0 Å². The van der Waals surface area contributed by atoms with Crippen molar-refractivity contribution in [2.24, 2.45) is 5.92 Å². The van der Waals surface area contributed by atoms with Crippen LogP contribution >= 0.6 is 11.6 Å². The Bertz CT molecular complexity index is 426. The fourth-order valence-electron chi connectivity index (χ4n) is 2.03. The second-order valence-electron chi connectivity index (χ2n) is 5.21. The van der Waals surface area contributed by atoms with E-state index in [1.807, 2.05) is 0 Å². The van der Waals surface area contributed by atoms with Gasteiger partial charge in [-0.3, -0.25) is 0 Å². The minimum atomic E-state index is 0.230. The van der Waals surface area contributed by atoms with E-state index >= 15 is 0 Å². The molecule has 120 valence electrons. The summed E-state index contributed by atoms with van der Waals surface area (Å²) in [4.78, 5) is 17.2. The molecule has 1 aromatic rings. The van der Waals surface area contributed by atoms with Crippen LogP contribution in [0.1, 0.15) is 27.7 Å². The number of hydrogen-bond donors (Lipinski definition) is 0. The van der Waals surface area contributed by atoms with Crippen LogP contribution in [0.3, 0.4) is 0 Å². The number of aromatic nitrogens is 3. The van der Waals surface area contributed by atoms with E-state index < -0.39 is 0 Å². The zero-order chi connectivity index (χ0) is 15.8. The van der Waals surface area contributed by atoms with Crippen LogP contribution in [0.15, 0.2) is 0 Å². The van der Waals surface area contributed by atoms with Gasteiger partial charge in [0.2, 0.25) is 17.2 Å². The minimum absolute atomic E-state index is 0.230. The zero-order valence-corrected chi connectivity index (χ0v) is 14.4. The summed E-state index contributed by atoms with van der Waals surface area (Å²) < 4.78 is 5.17. The Morgan fingerprint density at radius 3 is 2.10 bits per heavy atom. The van der Waals surface area contributed by atoms with Crippen molar-refractivity contribution in [2.75, 3.05) is 49.7 Å². The Morgan fingerprint density at radius 2 is 1.62 bits per heavy atom. The Balaban J connectivity index is 3.05. The molecule has 0 aliphatic heterocycles. The van der Waals surface area contributed by atoms with Gasteiger partial charge in [0.15, 0.2) is 0 Å². The van der Waals surface area contributed by atoms with E-state index in [2.05, 4.69) is 52.4 Å². The average molecular weight is 316 g/mol. The number of nitrogens with zero attached hydrogens (tertiary/aromatic N) is 5. The molecule has 0 amide bonds. The summed E-state index contributed by atoms with van der Waals surface area (Å²) in [6, 6.07) is 0. The van der Waals surface area contributed by atoms with Crippen LogP contribution in [0.5, 0.6) is 0 Å². The molecule has 0 N–H and O–H groups in total. The summed E-state index contributed by atoms with van der Waals surface area (Å²) in [5.41, 5.74) is 0. The molecule has 0 atom stereocenters. The SMILES string of the molecule is CCN(CC)c1nc(Cl)nc(N(CCOC)CC(C)C)n1. The monoisotopic (exact) mass is 315 g/mol. The molecule has 0 spiro atoms. The lowest BCUT2D eigenvalue weighted by Crippen LogP contribution is -2.33. The molecule has 0 bridgehead atoms. The summed E-state index contributed by atoms with van der Waals surface area (Å²) in [7, 11) is 1.69. The quantitative estimate of drug-likeness (QED) is 0.698. The molecule has 0 aliphatic rings. The normalized spacial score (nSPS) is 11.0. The first-order valence-corrected chi connectivity index (χ1v) is 7.79. The molecule has 0 aliphatic carbocycles. The Kier molecular flexibility index (Phi) is 7.67. The van der Waals surface area contributed by atoms with Gasteiger partial charge in [-0.15, -0.1) is 0 Å². The van der Waals surface area contributed by atoms with Crippen LogP contribution in [0.4, 0.5) is 11.9 Å². The highest BCUT2D eigenvalue weighted by Crippen LogP contribution is 2.17. The largest absolute Gasteiger partial charge is 0.383 e. The van der Waals surface area contributed by atoms with Gasteiger partial charge >= 0.3 is 0 Å². The molecular weight excluding hydrogens is 290 g/mol. The molecule has 0 unspecified atom stereocenters. The number of rotatable bonds is 9. The third-order valence-corrected chi connectivity index (χ3v) is 3.23. The van der Waals surface area contributed by atoms with Gasteiger partial charge in [0, 0.05) is 33.3 Å². The highest BCUT2D eigenvalue weighted by Gasteiger charge is 2.16. The van der Waals surface area contributed by atoms with Gasteiger partial charge in [-0.1, -0.05) is 13.8 Å². The lowest BCUT2D eigenvalue weighted by molar-refractivity contribution is 0.204. The Morgan fingerprint density at radius 1 is 1.05 bits per heavy atom. The zero-order valence-electron chi connectivity index (χ0n) is 13.6. The summed E-state index contributed by atoms with van der Waals surface area (Å²) in [5, 5.41) is 0.230. The maximum Gasteiger partial charge on any atom is 0.231 e.